The summed E-state index contributed by atoms with van der Waals surface area (Å²) in [5.41, 5.74) is 1.93. The Hall–Kier alpha value is -1.79. The topological polar surface area (TPSA) is 37.4 Å². The second-order valence-corrected chi connectivity index (χ2v) is 8.33. The first-order chi connectivity index (χ1) is 11.9. The lowest BCUT2D eigenvalue weighted by atomic mass is 10.0. The van der Waals surface area contributed by atoms with Gasteiger partial charge in [-0.1, -0.05) is 42.7 Å². The molecule has 0 bridgehead atoms. The molecule has 0 amide bonds. The smallest absolute Gasteiger partial charge is 0.207 e. The number of hydrogen-bond donors (Lipinski definition) is 0. The predicted octanol–water partition coefficient (Wildman–Crippen LogP) is 4.58. The quantitative estimate of drug-likeness (QED) is 0.798. The van der Waals surface area contributed by atoms with Crippen LogP contribution in [-0.2, 0) is 10.0 Å². The Balaban J connectivity index is 2.08. The molecule has 0 spiro atoms. The van der Waals surface area contributed by atoms with Crippen molar-refractivity contribution in [2.45, 2.75) is 43.5 Å². The first-order valence-electron chi connectivity index (χ1n) is 8.43. The van der Waals surface area contributed by atoms with Gasteiger partial charge in [-0.3, -0.25) is 0 Å². The molecule has 2 aromatic rings. The Bertz CT molecular complexity index is 867. The molecule has 1 heterocycles. The second kappa shape index (κ2) is 7.22. The van der Waals surface area contributed by atoms with Crippen LogP contribution < -0.4 is 0 Å². The average molecular weight is 365 g/mol. The molecule has 0 aliphatic carbocycles. The molecule has 0 aromatic heterocycles. The van der Waals surface area contributed by atoms with Crippen LogP contribution in [0.3, 0.4) is 0 Å². The Morgan fingerprint density at radius 3 is 2.60 bits per heavy atom. The van der Waals surface area contributed by atoms with Gasteiger partial charge in [0.05, 0.1) is 6.04 Å². The van der Waals surface area contributed by atoms with Gasteiger partial charge in [-0.05, 0) is 43.5 Å². The summed E-state index contributed by atoms with van der Waals surface area (Å²) in [6.45, 7) is 2.25. The monoisotopic (exact) mass is 365 g/mol. The molecule has 1 aliphatic heterocycles. The number of nitrogens with zero attached hydrogens (tertiary/aromatic N) is 1. The highest BCUT2D eigenvalue weighted by molar-refractivity contribution is 7.89. The Kier molecular flexibility index (Phi) is 5.20. The molecule has 2 aromatic carbocycles. The fourth-order valence-corrected chi connectivity index (χ4v) is 5.14. The normalized spacial score (nSPS) is 19.6. The molecule has 0 N–H and O–H groups in total. The number of rotatable bonds is 3. The number of sulfonamides is 1. The zero-order valence-electron chi connectivity index (χ0n) is 14.1. The zero-order valence-corrected chi connectivity index (χ0v) is 14.9. The van der Waals surface area contributed by atoms with Crippen molar-refractivity contribution >= 4 is 10.0 Å². The predicted molar refractivity (Wildman–Crippen MR) is 92.6 cm³/mol. The highest BCUT2D eigenvalue weighted by Crippen LogP contribution is 2.35. The van der Waals surface area contributed by atoms with Crippen LogP contribution in [0.25, 0.3) is 0 Å². The lowest BCUT2D eigenvalue weighted by Gasteiger charge is -2.30. The van der Waals surface area contributed by atoms with Crippen LogP contribution in [0.15, 0.2) is 47.4 Å². The molecule has 0 unspecified atom stereocenters. The number of benzene rings is 2. The van der Waals surface area contributed by atoms with Crippen LogP contribution in [0.4, 0.5) is 8.78 Å². The van der Waals surface area contributed by atoms with Crippen molar-refractivity contribution in [2.24, 2.45) is 0 Å². The minimum Gasteiger partial charge on any atom is -0.207 e. The lowest BCUT2D eigenvalue weighted by molar-refractivity contribution is 0.327. The molecule has 1 fully saturated rings. The van der Waals surface area contributed by atoms with E-state index in [9.17, 15) is 17.2 Å². The SMILES string of the molecule is Cc1cccc([C@@H]2CCCCCN2S(=O)(=O)c2cc(F)ccc2F)c1. The highest BCUT2D eigenvalue weighted by Gasteiger charge is 2.35. The maximum absolute atomic E-state index is 14.1. The van der Waals surface area contributed by atoms with E-state index in [2.05, 4.69) is 0 Å². The van der Waals surface area contributed by atoms with Crippen molar-refractivity contribution < 1.29 is 17.2 Å². The van der Waals surface area contributed by atoms with Gasteiger partial charge in [-0.25, -0.2) is 17.2 Å². The van der Waals surface area contributed by atoms with Crippen LogP contribution in [0, 0.1) is 18.6 Å². The summed E-state index contributed by atoms with van der Waals surface area (Å²) in [4.78, 5) is -0.591. The van der Waals surface area contributed by atoms with Crippen molar-refractivity contribution in [3.63, 3.8) is 0 Å². The van der Waals surface area contributed by atoms with Crippen LogP contribution in [0.5, 0.6) is 0 Å². The molecule has 134 valence electrons. The fraction of sp³-hybridized carbons (Fsp3) is 0.368. The molecule has 6 heteroatoms. The standard InChI is InChI=1S/C19H21F2NO2S/c1-14-6-5-7-15(12-14)18-8-3-2-4-11-22(18)25(23,24)19-13-16(20)9-10-17(19)21/h5-7,9-10,12-13,18H,2-4,8,11H2,1H3/t18-/m0/s1. The van der Waals surface area contributed by atoms with E-state index in [4.69, 9.17) is 0 Å². The Morgan fingerprint density at radius 2 is 1.84 bits per heavy atom. The average Bonchev–Trinajstić information content (AvgIpc) is 2.83. The van der Waals surface area contributed by atoms with Gasteiger partial charge in [-0.15, -0.1) is 0 Å². The summed E-state index contributed by atoms with van der Waals surface area (Å²) in [6.07, 6.45) is 3.19. The maximum atomic E-state index is 14.1. The molecule has 1 atom stereocenters. The number of hydrogen-bond acceptors (Lipinski definition) is 2. The molecule has 3 rings (SSSR count). The van der Waals surface area contributed by atoms with E-state index in [1.54, 1.807) is 0 Å². The van der Waals surface area contributed by atoms with Crippen LogP contribution >= 0.6 is 0 Å². The van der Waals surface area contributed by atoms with Crippen molar-refractivity contribution in [1.29, 1.82) is 0 Å². The van der Waals surface area contributed by atoms with E-state index in [0.717, 1.165) is 42.2 Å². The summed E-state index contributed by atoms with van der Waals surface area (Å²) in [7, 11) is -4.13. The molecule has 3 nitrogen and oxygen atoms in total. The summed E-state index contributed by atoms with van der Waals surface area (Å²) in [5.74, 6) is -1.68. The Labute approximate surface area is 147 Å². The summed E-state index contributed by atoms with van der Waals surface area (Å²) < 4.78 is 55.2. The molecule has 1 aliphatic rings. The largest absolute Gasteiger partial charge is 0.246 e. The molecular weight excluding hydrogens is 344 g/mol. The van der Waals surface area contributed by atoms with Crippen LogP contribution in [0.1, 0.15) is 42.9 Å². The zero-order chi connectivity index (χ0) is 18.0. The van der Waals surface area contributed by atoms with Gasteiger partial charge >= 0.3 is 0 Å². The van der Waals surface area contributed by atoms with Crippen molar-refractivity contribution in [3.05, 3.63) is 65.2 Å². The third kappa shape index (κ3) is 3.75. The lowest BCUT2D eigenvalue weighted by Crippen LogP contribution is -2.35. The summed E-state index contributed by atoms with van der Waals surface area (Å²) in [5, 5.41) is 0. The van der Waals surface area contributed by atoms with Crippen molar-refractivity contribution in [3.8, 4) is 0 Å². The van der Waals surface area contributed by atoms with Crippen LogP contribution in [-0.4, -0.2) is 19.3 Å². The van der Waals surface area contributed by atoms with E-state index in [0.29, 0.717) is 19.4 Å². The van der Waals surface area contributed by atoms with E-state index < -0.39 is 26.6 Å². The highest BCUT2D eigenvalue weighted by atomic mass is 32.2. The second-order valence-electron chi connectivity index (χ2n) is 6.47. The minimum atomic E-state index is -4.13. The van der Waals surface area contributed by atoms with Gasteiger partial charge in [-0.2, -0.15) is 4.31 Å². The minimum absolute atomic E-state index is 0.302. The van der Waals surface area contributed by atoms with Gasteiger partial charge in [0.1, 0.15) is 16.5 Å². The van der Waals surface area contributed by atoms with E-state index >= 15 is 0 Å². The van der Waals surface area contributed by atoms with Crippen molar-refractivity contribution in [1.82, 2.24) is 4.31 Å². The van der Waals surface area contributed by atoms with E-state index in [1.165, 1.54) is 4.31 Å². The third-order valence-electron chi connectivity index (χ3n) is 4.61. The van der Waals surface area contributed by atoms with Gasteiger partial charge < -0.3 is 0 Å². The third-order valence-corrected chi connectivity index (χ3v) is 6.53. The van der Waals surface area contributed by atoms with Gasteiger partial charge in [0, 0.05) is 6.54 Å². The summed E-state index contributed by atoms with van der Waals surface area (Å²) in [6, 6.07) is 9.89. The Morgan fingerprint density at radius 1 is 1.04 bits per heavy atom. The first-order valence-corrected chi connectivity index (χ1v) is 9.87. The van der Waals surface area contributed by atoms with E-state index in [-0.39, 0.29) is 6.04 Å². The molecular formula is C19H21F2NO2S. The van der Waals surface area contributed by atoms with Crippen molar-refractivity contribution in [2.75, 3.05) is 6.54 Å². The van der Waals surface area contributed by atoms with E-state index in [1.807, 2.05) is 31.2 Å². The fourth-order valence-electron chi connectivity index (χ4n) is 3.38. The molecule has 25 heavy (non-hydrogen) atoms. The maximum Gasteiger partial charge on any atom is 0.246 e. The van der Waals surface area contributed by atoms with Crippen LogP contribution in [0.2, 0.25) is 0 Å². The number of aryl methyl sites for hydroxylation is 1. The molecule has 0 radical (unpaired) electrons. The molecule has 0 saturated carbocycles. The molecule has 1 saturated heterocycles. The van der Waals surface area contributed by atoms with Gasteiger partial charge in [0.2, 0.25) is 10.0 Å². The van der Waals surface area contributed by atoms with Gasteiger partial charge in [0.15, 0.2) is 0 Å². The first kappa shape index (κ1) is 18.0. The summed E-state index contributed by atoms with van der Waals surface area (Å²) >= 11 is 0. The number of halogens is 2. The van der Waals surface area contributed by atoms with Gasteiger partial charge in [0.25, 0.3) is 0 Å².